The highest BCUT2D eigenvalue weighted by molar-refractivity contribution is 6.76. The van der Waals surface area contributed by atoms with Crippen LogP contribution >= 0.6 is 0 Å². The van der Waals surface area contributed by atoms with Crippen LogP contribution in [0.2, 0.25) is 25.7 Å². The predicted octanol–water partition coefficient (Wildman–Crippen LogP) is 4.18. The molecule has 0 aromatic carbocycles. The molecule has 0 saturated heterocycles. The van der Waals surface area contributed by atoms with Crippen LogP contribution in [0, 0.1) is 0 Å². The van der Waals surface area contributed by atoms with Crippen molar-refractivity contribution in [2.24, 2.45) is 0 Å². The maximum Gasteiger partial charge on any atom is 0.431 e. The molecule has 0 radical (unpaired) electrons. The van der Waals surface area contributed by atoms with Crippen LogP contribution in [-0.4, -0.2) is 30.5 Å². The molecule has 0 spiro atoms. The number of carbonyl (C=O) groups is 1. The summed E-state index contributed by atoms with van der Waals surface area (Å²) in [5.41, 5.74) is -0.421. The Bertz CT molecular complexity index is 705. The van der Waals surface area contributed by atoms with Crippen molar-refractivity contribution in [2.45, 2.75) is 38.6 Å². The first kappa shape index (κ1) is 17.7. The van der Waals surface area contributed by atoms with Crippen LogP contribution in [0.4, 0.5) is 13.2 Å². The van der Waals surface area contributed by atoms with Crippen molar-refractivity contribution >= 4 is 25.4 Å². The van der Waals surface area contributed by atoms with Gasteiger partial charge in [0.15, 0.2) is 6.29 Å². The number of halogens is 3. The van der Waals surface area contributed by atoms with E-state index in [2.05, 4.69) is 24.6 Å². The number of alkyl halides is 3. The molecule has 0 bridgehead atoms. The van der Waals surface area contributed by atoms with Crippen molar-refractivity contribution < 1.29 is 22.7 Å². The summed E-state index contributed by atoms with van der Waals surface area (Å²) in [7, 11) is -1.31. The summed E-state index contributed by atoms with van der Waals surface area (Å²) in [4.78, 5) is 14.7. The normalized spacial score (nSPS) is 12.8. The molecular formula is C15H19F3N2O2Si. The fourth-order valence-electron chi connectivity index (χ4n) is 2.13. The number of ether oxygens (including phenoxy) is 1. The third-order valence-electron chi connectivity index (χ3n) is 3.40. The van der Waals surface area contributed by atoms with Gasteiger partial charge in [0.25, 0.3) is 0 Å². The molecule has 2 aromatic rings. The first-order valence-corrected chi connectivity index (χ1v) is 10.9. The standard InChI is InChI=1S/C15H19F3N2O2Si/c1-23(2,3)5-4-22-10-20-13(15(16,17)18)7-12-6-11(9-21)8-19-14(12)20/h6-9H,4-5,10H2,1-3H3. The second-order valence-corrected chi connectivity index (χ2v) is 12.2. The van der Waals surface area contributed by atoms with Crippen LogP contribution in [-0.2, 0) is 17.6 Å². The van der Waals surface area contributed by atoms with Gasteiger partial charge in [-0.05, 0) is 18.2 Å². The predicted molar refractivity (Wildman–Crippen MR) is 84.2 cm³/mol. The van der Waals surface area contributed by atoms with E-state index in [1.165, 1.54) is 12.3 Å². The van der Waals surface area contributed by atoms with E-state index >= 15 is 0 Å². The van der Waals surface area contributed by atoms with Crippen LogP contribution in [0.25, 0.3) is 11.0 Å². The minimum atomic E-state index is -4.51. The molecule has 23 heavy (non-hydrogen) atoms. The van der Waals surface area contributed by atoms with Crippen LogP contribution in [0.3, 0.4) is 0 Å². The van der Waals surface area contributed by atoms with Crippen LogP contribution in [0.1, 0.15) is 16.1 Å². The molecule has 4 nitrogen and oxygen atoms in total. The third kappa shape index (κ3) is 4.41. The average molecular weight is 344 g/mol. The zero-order valence-electron chi connectivity index (χ0n) is 13.3. The molecule has 0 amide bonds. The average Bonchev–Trinajstić information content (AvgIpc) is 2.80. The maximum absolute atomic E-state index is 13.2. The molecule has 0 atom stereocenters. The van der Waals surface area contributed by atoms with E-state index in [4.69, 9.17) is 4.74 Å². The number of nitrogens with zero attached hydrogens (tertiary/aromatic N) is 2. The molecular weight excluding hydrogens is 325 g/mol. The van der Waals surface area contributed by atoms with Gasteiger partial charge in [-0.15, -0.1) is 0 Å². The van der Waals surface area contributed by atoms with E-state index in [1.807, 2.05) is 0 Å². The minimum Gasteiger partial charge on any atom is -0.361 e. The first-order chi connectivity index (χ1) is 10.6. The molecule has 0 aliphatic rings. The lowest BCUT2D eigenvalue weighted by Gasteiger charge is -2.17. The lowest BCUT2D eigenvalue weighted by atomic mass is 10.2. The molecule has 2 aromatic heterocycles. The van der Waals surface area contributed by atoms with E-state index in [0.717, 1.165) is 16.7 Å². The topological polar surface area (TPSA) is 44.1 Å². The fourth-order valence-corrected chi connectivity index (χ4v) is 2.88. The monoisotopic (exact) mass is 344 g/mol. The second-order valence-electron chi connectivity index (χ2n) is 6.60. The molecule has 126 valence electrons. The molecule has 0 aliphatic heterocycles. The Morgan fingerprint density at radius 1 is 1.30 bits per heavy atom. The maximum atomic E-state index is 13.2. The van der Waals surface area contributed by atoms with Crippen molar-refractivity contribution in [2.75, 3.05) is 6.61 Å². The number of fused-ring (bicyclic) bond motifs is 1. The van der Waals surface area contributed by atoms with Crippen LogP contribution in [0.15, 0.2) is 18.3 Å². The fraction of sp³-hybridized carbons (Fsp3) is 0.467. The number of carbonyl (C=O) groups excluding carboxylic acids is 1. The summed E-state index contributed by atoms with van der Waals surface area (Å²) in [5.74, 6) is 0. The van der Waals surface area contributed by atoms with E-state index in [1.54, 1.807) is 0 Å². The molecule has 0 fully saturated rings. The Kier molecular flexibility index (Phi) is 4.95. The Morgan fingerprint density at radius 3 is 2.57 bits per heavy atom. The van der Waals surface area contributed by atoms with Crippen LogP contribution < -0.4 is 0 Å². The quantitative estimate of drug-likeness (QED) is 0.449. The van der Waals surface area contributed by atoms with Gasteiger partial charge in [-0.25, -0.2) is 4.98 Å². The number of rotatable bonds is 6. The Balaban J connectivity index is 2.30. The van der Waals surface area contributed by atoms with Crippen molar-refractivity contribution in [3.05, 3.63) is 29.6 Å². The SMILES string of the molecule is C[Si](C)(C)CCOCn1c(C(F)(F)F)cc2cc(C=O)cnc21. The Hall–Kier alpha value is -1.67. The van der Waals surface area contributed by atoms with Gasteiger partial charge in [-0.2, -0.15) is 13.2 Å². The number of hydrogen-bond acceptors (Lipinski definition) is 3. The summed E-state index contributed by atoms with van der Waals surface area (Å²) in [5, 5.41) is 0.274. The van der Waals surface area contributed by atoms with Gasteiger partial charge < -0.3 is 4.74 Å². The summed E-state index contributed by atoms with van der Waals surface area (Å²) in [6.45, 7) is 6.72. The largest absolute Gasteiger partial charge is 0.431 e. The Labute approximate surface area is 133 Å². The molecule has 2 heterocycles. The zero-order chi connectivity index (χ0) is 17.3. The highest BCUT2D eigenvalue weighted by Crippen LogP contribution is 2.33. The van der Waals surface area contributed by atoms with E-state index < -0.39 is 19.9 Å². The first-order valence-electron chi connectivity index (χ1n) is 7.21. The molecule has 0 aliphatic carbocycles. The summed E-state index contributed by atoms with van der Waals surface area (Å²) in [6.07, 6.45) is -2.69. The Morgan fingerprint density at radius 2 is 2.00 bits per heavy atom. The highest BCUT2D eigenvalue weighted by Gasteiger charge is 2.35. The summed E-state index contributed by atoms with van der Waals surface area (Å²) >= 11 is 0. The number of aldehydes is 1. The number of hydrogen-bond donors (Lipinski definition) is 0. The molecule has 0 N–H and O–H groups in total. The van der Waals surface area contributed by atoms with E-state index in [0.29, 0.717) is 12.9 Å². The van der Waals surface area contributed by atoms with Crippen molar-refractivity contribution in [3.63, 3.8) is 0 Å². The van der Waals surface area contributed by atoms with Gasteiger partial charge in [0.1, 0.15) is 18.1 Å². The lowest BCUT2D eigenvalue weighted by Crippen LogP contribution is -2.22. The molecule has 8 heteroatoms. The van der Waals surface area contributed by atoms with Crippen LogP contribution in [0.5, 0.6) is 0 Å². The van der Waals surface area contributed by atoms with Crippen molar-refractivity contribution in [1.82, 2.24) is 9.55 Å². The highest BCUT2D eigenvalue weighted by atomic mass is 28.3. The molecule has 0 unspecified atom stereocenters. The number of pyridine rings is 1. The zero-order valence-corrected chi connectivity index (χ0v) is 14.3. The third-order valence-corrected chi connectivity index (χ3v) is 5.10. The molecule has 0 saturated carbocycles. The van der Waals surface area contributed by atoms with E-state index in [-0.39, 0.29) is 23.3 Å². The van der Waals surface area contributed by atoms with Gasteiger partial charge in [0, 0.05) is 31.8 Å². The van der Waals surface area contributed by atoms with Crippen molar-refractivity contribution in [3.8, 4) is 0 Å². The van der Waals surface area contributed by atoms with Crippen molar-refractivity contribution in [1.29, 1.82) is 0 Å². The second kappa shape index (κ2) is 6.44. The molecule has 2 rings (SSSR count). The number of aromatic nitrogens is 2. The summed E-state index contributed by atoms with van der Waals surface area (Å²) in [6, 6.07) is 3.26. The van der Waals surface area contributed by atoms with Gasteiger partial charge >= 0.3 is 6.18 Å². The summed E-state index contributed by atoms with van der Waals surface area (Å²) < 4.78 is 46.1. The van der Waals surface area contributed by atoms with E-state index in [9.17, 15) is 18.0 Å². The van der Waals surface area contributed by atoms with Gasteiger partial charge in [0.2, 0.25) is 0 Å². The minimum absolute atomic E-state index is 0.163. The van der Waals surface area contributed by atoms with Gasteiger partial charge in [0.05, 0.1) is 0 Å². The van der Waals surface area contributed by atoms with Gasteiger partial charge in [-0.3, -0.25) is 9.36 Å². The lowest BCUT2D eigenvalue weighted by molar-refractivity contribution is -0.145. The van der Waals surface area contributed by atoms with Gasteiger partial charge in [-0.1, -0.05) is 19.6 Å². The smallest absolute Gasteiger partial charge is 0.361 e.